The number of ketones is 1. The van der Waals surface area contributed by atoms with Crippen LogP contribution >= 0.6 is 0 Å². The molecule has 0 aliphatic heterocycles. The number of hydrogen-bond donors (Lipinski definition) is 1. The van der Waals surface area contributed by atoms with Crippen LogP contribution in [0, 0.1) is 27.4 Å². The molecule has 0 fully saturated rings. The smallest absolute Gasteiger partial charge is 0.271 e. The van der Waals surface area contributed by atoms with Gasteiger partial charge in [-0.1, -0.05) is 36.4 Å². The molecule has 1 amide bonds. The Morgan fingerprint density at radius 2 is 1.90 bits per heavy atom. The molecule has 9 nitrogen and oxygen atoms in total. The van der Waals surface area contributed by atoms with Gasteiger partial charge in [-0.25, -0.2) is 0 Å². The lowest BCUT2D eigenvalue weighted by atomic mass is 9.98. The molecule has 9 heteroatoms. The van der Waals surface area contributed by atoms with Gasteiger partial charge in [-0.2, -0.15) is 10.4 Å². The highest BCUT2D eigenvalue weighted by Crippen LogP contribution is 2.28. The van der Waals surface area contributed by atoms with E-state index in [1.165, 1.54) is 18.2 Å². The molecule has 4 aromatic rings. The summed E-state index contributed by atoms with van der Waals surface area (Å²) in [6.07, 6.45) is 0. The second-order valence-electron chi connectivity index (χ2n) is 6.88. The lowest BCUT2D eigenvalue weighted by Crippen LogP contribution is -2.29. The predicted molar refractivity (Wildman–Crippen MR) is 113 cm³/mol. The number of nitro benzene ring substituents is 1. The third kappa shape index (κ3) is 3.47. The molecule has 4 rings (SSSR count). The van der Waals surface area contributed by atoms with Crippen LogP contribution in [0.5, 0.6) is 0 Å². The molecule has 0 saturated heterocycles. The fourth-order valence-corrected chi connectivity index (χ4v) is 3.52. The Labute approximate surface area is 175 Å². The van der Waals surface area contributed by atoms with E-state index in [1.807, 2.05) is 30.3 Å². The topological polar surface area (TPSA) is 131 Å². The SMILES string of the molecule is Cn1nc(C(=O)C(C#N)C(=O)Nc2cccc([N+](=O)[O-])c2)c2ccc3ccccc3c21. The number of nitro groups is 1. The normalized spacial score (nSPS) is 11.7. The number of fused-ring (bicyclic) bond motifs is 3. The highest BCUT2D eigenvalue weighted by molar-refractivity contribution is 6.21. The molecule has 0 bridgehead atoms. The van der Waals surface area contributed by atoms with E-state index in [0.717, 1.165) is 22.4 Å². The number of Topliss-reactive ketones (excluding diaryl/α,β-unsaturated/α-hetero) is 1. The summed E-state index contributed by atoms with van der Waals surface area (Å²) in [6, 6.07) is 18.2. The summed E-state index contributed by atoms with van der Waals surface area (Å²) in [5, 5.41) is 29.5. The molecule has 1 N–H and O–H groups in total. The van der Waals surface area contributed by atoms with Crippen molar-refractivity contribution in [1.29, 1.82) is 5.26 Å². The third-order valence-electron chi connectivity index (χ3n) is 4.94. The number of amides is 1. The van der Waals surface area contributed by atoms with Crippen molar-refractivity contribution in [2.75, 3.05) is 5.32 Å². The van der Waals surface area contributed by atoms with Gasteiger partial charge in [0.1, 0.15) is 5.69 Å². The minimum atomic E-state index is -1.66. The van der Waals surface area contributed by atoms with E-state index in [2.05, 4.69) is 10.4 Å². The zero-order valence-corrected chi connectivity index (χ0v) is 16.3. The van der Waals surface area contributed by atoms with Crippen LogP contribution in [0.2, 0.25) is 0 Å². The first-order valence-corrected chi connectivity index (χ1v) is 9.24. The molecule has 31 heavy (non-hydrogen) atoms. The number of aromatic nitrogens is 2. The Kier molecular flexibility index (Phi) is 4.89. The Bertz CT molecular complexity index is 1420. The van der Waals surface area contributed by atoms with E-state index in [0.29, 0.717) is 5.39 Å². The van der Waals surface area contributed by atoms with E-state index in [4.69, 9.17) is 0 Å². The van der Waals surface area contributed by atoms with Gasteiger partial charge in [0.25, 0.3) is 5.69 Å². The number of nitrogens with zero attached hydrogens (tertiary/aromatic N) is 4. The van der Waals surface area contributed by atoms with E-state index in [1.54, 1.807) is 23.9 Å². The van der Waals surface area contributed by atoms with Crippen molar-refractivity contribution in [2.45, 2.75) is 0 Å². The van der Waals surface area contributed by atoms with Crippen LogP contribution in [0.3, 0.4) is 0 Å². The fourth-order valence-electron chi connectivity index (χ4n) is 3.52. The molecule has 1 atom stereocenters. The Hall–Kier alpha value is -4.58. The van der Waals surface area contributed by atoms with Gasteiger partial charge in [0.2, 0.25) is 11.7 Å². The molecular formula is C22H15N5O4. The molecule has 1 aromatic heterocycles. The van der Waals surface area contributed by atoms with Crippen LogP contribution in [-0.2, 0) is 11.8 Å². The number of nitriles is 1. The first-order valence-electron chi connectivity index (χ1n) is 9.24. The van der Waals surface area contributed by atoms with Crippen molar-refractivity contribution >= 4 is 44.7 Å². The number of non-ortho nitro benzene ring substituents is 1. The average molecular weight is 413 g/mol. The molecule has 1 unspecified atom stereocenters. The minimum absolute atomic E-state index is 0.0176. The Balaban J connectivity index is 1.69. The summed E-state index contributed by atoms with van der Waals surface area (Å²) in [7, 11) is 1.69. The molecule has 3 aromatic carbocycles. The quantitative estimate of drug-likeness (QED) is 0.230. The molecule has 152 valence electrons. The largest absolute Gasteiger partial charge is 0.324 e. The zero-order chi connectivity index (χ0) is 22.1. The van der Waals surface area contributed by atoms with Crippen molar-refractivity contribution in [2.24, 2.45) is 13.0 Å². The van der Waals surface area contributed by atoms with Crippen LogP contribution in [0.4, 0.5) is 11.4 Å². The Morgan fingerprint density at radius 1 is 1.13 bits per heavy atom. The maximum Gasteiger partial charge on any atom is 0.271 e. The number of nitrogens with one attached hydrogen (secondary N) is 1. The number of anilines is 1. The van der Waals surface area contributed by atoms with Gasteiger partial charge in [-0.3, -0.25) is 24.4 Å². The lowest BCUT2D eigenvalue weighted by molar-refractivity contribution is -0.384. The second kappa shape index (κ2) is 7.68. The number of benzene rings is 3. The highest BCUT2D eigenvalue weighted by atomic mass is 16.6. The average Bonchev–Trinajstić information content (AvgIpc) is 3.11. The number of aryl methyl sites for hydroxylation is 1. The summed E-state index contributed by atoms with van der Waals surface area (Å²) >= 11 is 0. The van der Waals surface area contributed by atoms with Gasteiger partial charge in [-0.15, -0.1) is 0 Å². The summed E-state index contributed by atoms with van der Waals surface area (Å²) in [5.74, 6) is -3.29. The van der Waals surface area contributed by atoms with E-state index >= 15 is 0 Å². The number of rotatable bonds is 5. The second-order valence-corrected chi connectivity index (χ2v) is 6.88. The molecule has 0 aliphatic rings. The van der Waals surface area contributed by atoms with Crippen molar-refractivity contribution in [3.63, 3.8) is 0 Å². The van der Waals surface area contributed by atoms with Gasteiger partial charge in [0.15, 0.2) is 5.92 Å². The van der Waals surface area contributed by atoms with Gasteiger partial charge in [0.05, 0.1) is 16.5 Å². The van der Waals surface area contributed by atoms with E-state index in [9.17, 15) is 25.0 Å². The van der Waals surface area contributed by atoms with Gasteiger partial charge in [-0.05, 0) is 17.5 Å². The van der Waals surface area contributed by atoms with Crippen LogP contribution in [0.25, 0.3) is 21.7 Å². The summed E-state index contributed by atoms with van der Waals surface area (Å²) < 4.78 is 1.55. The van der Waals surface area contributed by atoms with Crippen molar-refractivity contribution in [1.82, 2.24) is 9.78 Å². The van der Waals surface area contributed by atoms with E-state index < -0.39 is 22.5 Å². The first-order chi connectivity index (χ1) is 14.9. The van der Waals surface area contributed by atoms with Crippen molar-refractivity contribution in [3.8, 4) is 6.07 Å². The van der Waals surface area contributed by atoms with Crippen molar-refractivity contribution < 1.29 is 14.5 Å². The molecule has 0 radical (unpaired) electrons. The number of hydrogen-bond acceptors (Lipinski definition) is 6. The third-order valence-corrected chi connectivity index (χ3v) is 4.94. The number of carbonyl (C=O) groups excluding carboxylic acids is 2. The lowest BCUT2D eigenvalue weighted by Gasteiger charge is -2.09. The van der Waals surface area contributed by atoms with Gasteiger partial charge >= 0.3 is 0 Å². The summed E-state index contributed by atoms with van der Waals surface area (Å²) in [6.45, 7) is 0. The first kappa shape index (κ1) is 19.7. The van der Waals surface area contributed by atoms with Crippen LogP contribution < -0.4 is 5.32 Å². The summed E-state index contributed by atoms with van der Waals surface area (Å²) in [4.78, 5) is 36.0. The zero-order valence-electron chi connectivity index (χ0n) is 16.3. The van der Waals surface area contributed by atoms with Gasteiger partial charge in [0, 0.05) is 35.6 Å². The standard InChI is InChI=1S/C22H15N5O4/c1-26-20-16-8-3-2-5-13(16)9-10-17(20)19(25-26)21(28)18(12-23)22(29)24-14-6-4-7-15(11-14)27(30)31/h2-11,18H,1H3,(H,24,29). The molecule has 0 aliphatic carbocycles. The molecule has 0 spiro atoms. The maximum absolute atomic E-state index is 13.1. The number of carbonyl (C=O) groups is 2. The van der Waals surface area contributed by atoms with Crippen LogP contribution in [-0.4, -0.2) is 26.4 Å². The monoisotopic (exact) mass is 413 g/mol. The molecule has 1 heterocycles. The van der Waals surface area contributed by atoms with Gasteiger partial charge < -0.3 is 5.32 Å². The Morgan fingerprint density at radius 3 is 2.65 bits per heavy atom. The summed E-state index contributed by atoms with van der Waals surface area (Å²) in [5.41, 5.74) is 0.630. The van der Waals surface area contributed by atoms with Crippen LogP contribution in [0.1, 0.15) is 10.5 Å². The molecule has 0 saturated carbocycles. The minimum Gasteiger partial charge on any atom is -0.324 e. The predicted octanol–water partition coefficient (Wildman–Crippen LogP) is 3.60. The van der Waals surface area contributed by atoms with Crippen LogP contribution in [0.15, 0.2) is 60.7 Å². The highest BCUT2D eigenvalue weighted by Gasteiger charge is 2.31. The maximum atomic E-state index is 13.1. The molecular weight excluding hydrogens is 398 g/mol. The van der Waals surface area contributed by atoms with Crippen molar-refractivity contribution in [3.05, 3.63) is 76.5 Å². The fraction of sp³-hybridized carbons (Fsp3) is 0.0909. The van der Waals surface area contributed by atoms with E-state index in [-0.39, 0.29) is 17.1 Å².